The van der Waals surface area contributed by atoms with Crippen LogP contribution in [0, 0.1) is 5.82 Å². The van der Waals surface area contributed by atoms with Crippen molar-refractivity contribution < 1.29 is 14.3 Å². The minimum absolute atomic E-state index is 0.00549. The number of hydrogen-bond donors (Lipinski definition) is 2. The predicted molar refractivity (Wildman–Crippen MR) is 100 cm³/mol. The van der Waals surface area contributed by atoms with E-state index in [0.717, 1.165) is 30.3 Å². The second-order valence-corrected chi connectivity index (χ2v) is 7.28. The van der Waals surface area contributed by atoms with Crippen molar-refractivity contribution in [1.29, 1.82) is 0 Å². The molecule has 1 aliphatic heterocycles. The van der Waals surface area contributed by atoms with Crippen LogP contribution in [0.5, 0.6) is 0 Å². The number of carboxylic acids is 1. The predicted octanol–water partition coefficient (Wildman–Crippen LogP) is 3.06. The van der Waals surface area contributed by atoms with Gasteiger partial charge in [0.25, 0.3) is 0 Å². The summed E-state index contributed by atoms with van der Waals surface area (Å²) in [6, 6.07) is 4.59. The zero-order valence-electron chi connectivity index (χ0n) is 14.9. The van der Waals surface area contributed by atoms with Crippen LogP contribution in [0.3, 0.4) is 0 Å². The molecule has 0 radical (unpaired) electrons. The quantitative estimate of drug-likeness (QED) is 0.725. The molecule has 3 aromatic heterocycles. The first kappa shape index (κ1) is 16.9. The topological polar surface area (TPSA) is 97.1 Å². The molecule has 0 spiro atoms. The van der Waals surface area contributed by atoms with Crippen LogP contribution in [-0.4, -0.2) is 25.6 Å². The molecule has 0 saturated heterocycles. The van der Waals surface area contributed by atoms with Gasteiger partial charge in [-0.3, -0.25) is 9.78 Å². The molecule has 0 amide bonds. The van der Waals surface area contributed by atoms with Gasteiger partial charge in [0.15, 0.2) is 0 Å². The Morgan fingerprint density at radius 2 is 2.14 bits per heavy atom. The lowest BCUT2D eigenvalue weighted by molar-refractivity contribution is 0.0695. The molecule has 1 atom stereocenters. The Bertz CT molecular complexity index is 1190. The van der Waals surface area contributed by atoms with Gasteiger partial charge in [-0.1, -0.05) is 0 Å². The van der Waals surface area contributed by atoms with Crippen LogP contribution < -0.4 is 10.7 Å². The lowest BCUT2D eigenvalue weighted by atomic mass is 9.99. The molecule has 0 aromatic carbocycles. The summed E-state index contributed by atoms with van der Waals surface area (Å²) in [4.78, 5) is 32.8. The summed E-state index contributed by atoms with van der Waals surface area (Å²) in [5, 5.41) is 12.6. The van der Waals surface area contributed by atoms with Crippen LogP contribution >= 0.6 is 0 Å². The Balaban J connectivity index is 1.67. The van der Waals surface area contributed by atoms with E-state index in [2.05, 4.69) is 15.3 Å². The van der Waals surface area contributed by atoms with Crippen molar-refractivity contribution in [1.82, 2.24) is 14.5 Å². The fraction of sp³-hybridized carbons (Fsp3) is 0.300. The van der Waals surface area contributed by atoms with Crippen molar-refractivity contribution in [2.24, 2.45) is 0 Å². The summed E-state index contributed by atoms with van der Waals surface area (Å²) < 4.78 is 16.6. The summed E-state index contributed by atoms with van der Waals surface area (Å²) in [7, 11) is 0. The van der Waals surface area contributed by atoms with Gasteiger partial charge in [0.2, 0.25) is 5.43 Å². The number of carboxylic acid groups (broad SMARTS) is 1. The molecule has 1 fully saturated rings. The summed E-state index contributed by atoms with van der Waals surface area (Å²) in [6.45, 7) is 0. The second-order valence-electron chi connectivity index (χ2n) is 7.28. The minimum Gasteiger partial charge on any atom is -0.477 e. The third kappa shape index (κ3) is 2.64. The van der Waals surface area contributed by atoms with Gasteiger partial charge in [0, 0.05) is 18.4 Å². The van der Waals surface area contributed by atoms with Crippen molar-refractivity contribution >= 4 is 22.7 Å². The van der Waals surface area contributed by atoms with Crippen LogP contribution in [0.4, 0.5) is 10.1 Å². The van der Waals surface area contributed by atoms with Crippen molar-refractivity contribution in [3.05, 3.63) is 63.6 Å². The van der Waals surface area contributed by atoms with Crippen molar-refractivity contribution in [2.45, 2.75) is 37.8 Å². The largest absolute Gasteiger partial charge is 0.477 e. The molecule has 28 heavy (non-hydrogen) atoms. The minimum atomic E-state index is -1.32. The number of rotatable bonds is 3. The first-order valence-electron chi connectivity index (χ1n) is 9.22. The van der Waals surface area contributed by atoms with Gasteiger partial charge in [-0.25, -0.2) is 14.2 Å². The number of carbonyl (C=O) groups is 1. The molecule has 7 nitrogen and oxygen atoms in total. The van der Waals surface area contributed by atoms with E-state index < -0.39 is 17.2 Å². The smallest absolute Gasteiger partial charge is 0.341 e. The molecule has 3 aromatic rings. The molecule has 1 unspecified atom stereocenters. The van der Waals surface area contributed by atoms with Gasteiger partial charge in [0.1, 0.15) is 22.7 Å². The van der Waals surface area contributed by atoms with Crippen molar-refractivity contribution in [3.63, 3.8) is 0 Å². The monoisotopic (exact) mass is 380 g/mol. The maximum Gasteiger partial charge on any atom is 0.341 e. The summed E-state index contributed by atoms with van der Waals surface area (Å²) in [6.07, 6.45) is 6.15. The Labute approximate surface area is 158 Å². The highest BCUT2D eigenvalue weighted by molar-refractivity contribution is 5.91. The number of aromatic nitrogens is 3. The molecule has 4 heterocycles. The lowest BCUT2D eigenvalue weighted by Crippen LogP contribution is -2.23. The van der Waals surface area contributed by atoms with Gasteiger partial charge in [-0.2, -0.15) is 0 Å². The van der Waals surface area contributed by atoms with E-state index in [1.54, 1.807) is 10.8 Å². The maximum atomic E-state index is 14.9. The molecule has 0 bridgehead atoms. The van der Waals surface area contributed by atoms with E-state index in [9.17, 15) is 19.1 Å². The first-order valence-corrected chi connectivity index (χ1v) is 9.22. The van der Waals surface area contributed by atoms with E-state index in [1.165, 1.54) is 6.20 Å². The van der Waals surface area contributed by atoms with E-state index >= 15 is 0 Å². The SMILES string of the molecule is O=C(O)c1cn(C2CC2)c2nc(C3CCc4ncccc4N3)c(F)cc2c1=O. The summed E-state index contributed by atoms with van der Waals surface area (Å²) in [5.41, 5.74) is 1.29. The standard InChI is InChI=1S/C20H17FN4O3/c21-13-8-11-18(26)12(20(27)28)9-25(10-3-4-10)19(11)24-17(13)16-6-5-14-15(23-16)2-1-7-22-14/h1-2,7-10,16,23H,3-6H2,(H,27,28). The van der Waals surface area contributed by atoms with Crippen molar-refractivity contribution in [3.8, 4) is 0 Å². The first-order chi connectivity index (χ1) is 13.5. The molecular weight excluding hydrogens is 363 g/mol. The van der Waals surface area contributed by atoms with E-state index in [0.29, 0.717) is 18.5 Å². The van der Waals surface area contributed by atoms with Crippen LogP contribution in [0.1, 0.15) is 53.1 Å². The fourth-order valence-electron chi connectivity index (χ4n) is 3.80. The molecule has 1 saturated carbocycles. The van der Waals surface area contributed by atoms with Gasteiger partial charge in [-0.05, 0) is 43.9 Å². The van der Waals surface area contributed by atoms with Crippen molar-refractivity contribution in [2.75, 3.05) is 5.32 Å². The number of nitrogens with one attached hydrogen (secondary N) is 1. The van der Waals surface area contributed by atoms with E-state index in [-0.39, 0.29) is 28.7 Å². The number of anilines is 1. The number of nitrogens with zero attached hydrogens (tertiary/aromatic N) is 3. The highest BCUT2D eigenvalue weighted by atomic mass is 19.1. The normalized spacial score (nSPS) is 18.5. The number of aryl methyl sites for hydroxylation is 1. The Morgan fingerprint density at radius 3 is 2.89 bits per heavy atom. The molecule has 1 aliphatic carbocycles. The van der Waals surface area contributed by atoms with E-state index in [4.69, 9.17) is 0 Å². The number of pyridine rings is 3. The number of fused-ring (bicyclic) bond motifs is 2. The second kappa shape index (κ2) is 6.12. The zero-order valence-corrected chi connectivity index (χ0v) is 14.9. The summed E-state index contributed by atoms with van der Waals surface area (Å²) in [5.74, 6) is -1.93. The van der Waals surface area contributed by atoms with E-state index in [1.807, 2.05) is 12.1 Å². The number of aromatic carboxylic acids is 1. The third-order valence-corrected chi connectivity index (χ3v) is 5.38. The number of hydrogen-bond acceptors (Lipinski definition) is 5. The Morgan fingerprint density at radius 1 is 1.32 bits per heavy atom. The highest BCUT2D eigenvalue weighted by Gasteiger charge is 2.30. The van der Waals surface area contributed by atoms with Gasteiger partial charge >= 0.3 is 5.97 Å². The lowest BCUT2D eigenvalue weighted by Gasteiger charge is -2.26. The average Bonchev–Trinajstić information content (AvgIpc) is 3.53. The molecule has 2 N–H and O–H groups in total. The molecule has 8 heteroatoms. The Hall–Kier alpha value is -3.29. The number of halogens is 1. The third-order valence-electron chi connectivity index (χ3n) is 5.38. The zero-order chi connectivity index (χ0) is 19.4. The van der Waals surface area contributed by atoms with Crippen LogP contribution in [0.15, 0.2) is 35.4 Å². The maximum absolute atomic E-state index is 14.9. The van der Waals surface area contributed by atoms with Gasteiger partial charge in [-0.15, -0.1) is 0 Å². The molecule has 142 valence electrons. The Kier molecular flexibility index (Phi) is 3.68. The molecule has 2 aliphatic rings. The molecule has 5 rings (SSSR count). The highest BCUT2D eigenvalue weighted by Crippen LogP contribution is 2.38. The van der Waals surface area contributed by atoms with Crippen LogP contribution in [0.2, 0.25) is 0 Å². The molecular formula is C20H17FN4O3. The average molecular weight is 380 g/mol. The summed E-state index contributed by atoms with van der Waals surface area (Å²) >= 11 is 0. The fourth-order valence-corrected chi connectivity index (χ4v) is 3.80. The van der Waals surface area contributed by atoms with Crippen LogP contribution in [0.25, 0.3) is 11.0 Å². The van der Waals surface area contributed by atoms with Gasteiger partial charge < -0.3 is 15.0 Å². The van der Waals surface area contributed by atoms with Gasteiger partial charge in [0.05, 0.1) is 22.8 Å². The van der Waals surface area contributed by atoms with Crippen LogP contribution in [-0.2, 0) is 6.42 Å².